The highest BCUT2D eigenvalue weighted by Gasteiger charge is 2.34. The fourth-order valence-electron chi connectivity index (χ4n) is 4.77. The summed E-state index contributed by atoms with van der Waals surface area (Å²) in [6.07, 6.45) is 4.80. The van der Waals surface area contributed by atoms with Crippen molar-refractivity contribution in [2.24, 2.45) is 0 Å². The fraction of sp³-hybridized carbons (Fsp3) is 0.360. The Hall–Kier alpha value is -3.35. The molecule has 32 heavy (non-hydrogen) atoms. The van der Waals surface area contributed by atoms with Crippen molar-refractivity contribution in [3.63, 3.8) is 0 Å². The molecule has 2 aliphatic rings. The number of halogens is 1. The van der Waals surface area contributed by atoms with Crippen LogP contribution in [0.3, 0.4) is 0 Å². The van der Waals surface area contributed by atoms with Gasteiger partial charge in [-0.15, -0.1) is 0 Å². The van der Waals surface area contributed by atoms with Crippen LogP contribution in [0.25, 0.3) is 16.9 Å². The van der Waals surface area contributed by atoms with Crippen LogP contribution in [-0.4, -0.2) is 47.9 Å². The number of nitrogens with zero attached hydrogens (tertiary/aromatic N) is 3. The minimum Gasteiger partial charge on any atom is -0.493 e. The van der Waals surface area contributed by atoms with Gasteiger partial charge in [-0.25, -0.2) is 9.07 Å². The molecule has 1 aliphatic heterocycles. The van der Waals surface area contributed by atoms with E-state index in [1.807, 2.05) is 17.0 Å². The minimum atomic E-state index is -0.388. The Bertz CT molecular complexity index is 1180. The second-order valence-corrected chi connectivity index (χ2v) is 8.29. The summed E-state index contributed by atoms with van der Waals surface area (Å²) in [5.74, 6) is 0.744. The van der Waals surface area contributed by atoms with Crippen molar-refractivity contribution in [1.82, 2.24) is 14.7 Å². The lowest BCUT2D eigenvalue weighted by molar-refractivity contribution is 0.0754. The molecule has 1 fully saturated rings. The molecule has 166 valence electrons. The summed E-state index contributed by atoms with van der Waals surface area (Å²) >= 11 is 0. The molecule has 0 bridgehead atoms. The molecule has 6 nitrogen and oxygen atoms in total. The molecule has 0 saturated carbocycles. The number of amides is 1. The normalized spacial score (nSPS) is 15.2. The van der Waals surface area contributed by atoms with Crippen LogP contribution < -0.4 is 9.47 Å². The van der Waals surface area contributed by atoms with Crippen molar-refractivity contribution in [3.8, 4) is 28.4 Å². The topological polar surface area (TPSA) is 56.6 Å². The molecule has 0 N–H and O–H groups in total. The third-order valence-corrected chi connectivity index (χ3v) is 6.39. The number of methoxy groups -OCH3 is 2. The first-order valence-electron chi connectivity index (χ1n) is 11.0. The number of para-hydroxylation sites is 1. The van der Waals surface area contributed by atoms with Crippen molar-refractivity contribution in [2.75, 3.05) is 27.3 Å². The second kappa shape index (κ2) is 8.30. The average Bonchev–Trinajstić information content (AvgIpc) is 3.21. The molecule has 1 amide bonds. The lowest BCUT2D eigenvalue weighted by Crippen LogP contribution is -2.32. The molecular weight excluding hydrogens is 409 g/mol. The third kappa shape index (κ3) is 3.32. The first kappa shape index (κ1) is 20.5. The van der Waals surface area contributed by atoms with Gasteiger partial charge in [0.15, 0.2) is 17.2 Å². The summed E-state index contributed by atoms with van der Waals surface area (Å²) in [4.78, 5) is 15.4. The highest BCUT2D eigenvalue weighted by molar-refractivity contribution is 5.97. The molecule has 1 saturated heterocycles. The van der Waals surface area contributed by atoms with Gasteiger partial charge in [-0.1, -0.05) is 25.0 Å². The number of likely N-dealkylation sites (tertiary alicyclic amines) is 1. The van der Waals surface area contributed by atoms with Crippen molar-refractivity contribution in [3.05, 3.63) is 59.0 Å². The lowest BCUT2D eigenvalue weighted by atomic mass is 10.1. The predicted octanol–water partition coefficient (Wildman–Crippen LogP) is 4.62. The number of hydrogen-bond acceptors (Lipinski definition) is 4. The Morgan fingerprint density at radius 2 is 1.69 bits per heavy atom. The SMILES string of the molecule is COc1cc2c(cc1OC)-c1c(c(C(=O)N3CCCCCC3)nn1-c1ccccc1F)C2. The molecule has 1 aromatic heterocycles. The smallest absolute Gasteiger partial charge is 0.274 e. The van der Waals surface area contributed by atoms with Gasteiger partial charge in [0.05, 0.1) is 19.9 Å². The van der Waals surface area contributed by atoms with Crippen molar-refractivity contribution < 1.29 is 18.7 Å². The van der Waals surface area contributed by atoms with E-state index >= 15 is 0 Å². The van der Waals surface area contributed by atoms with E-state index < -0.39 is 0 Å². The van der Waals surface area contributed by atoms with Crippen molar-refractivity contribution in [2.45, 2.75) is 32.1 Å². The summed E-state index contributed by atoms with van der Waals surface area (Å²) < 4.78 is 27.4. The third-order valence-electron chi connectivity index (χ3n) is 6.39. The van der Waals surface area contributed by atoms with Crippen LogP contribution in [0.2, 0.25) is 0 Å². The van der Waals surface area contributed by atoms with Gasteiger partial charge < -0.3 is 14.4 Å². The first-order chi connectivity index (χ1) is 15.6. The van der Waals surface area contributed by atoms with Gasteiger partial charge in [-0.3, -0.25) is 4.79 Å². The van der Waals surface area contributed by atoms with Crippen LogP contribution in [-0.2, 0) is 6.42 Å². The number of ether oxygens (including phenoxy) is 2. The number of hydrogen-bond donors (Lipinski definition) is 0. The zero-order valence-corrected chi connectivity index (χ0v) is 18.4. The molecule has 2 aromatic carbocycles. The minimum absolute atomic E-state index is 0.0787. The second-order valence-electron chi connectivity index (χ2n) is 8.29. The number of aromatic nitrogens is 2. The van der Waals surface area contributed by atoms with E-state index in [1.54, 1.807) is 37.1 Å². The summed E-state index contributed by atoms with van der Waals surface area (Å²) in [6, 6.07) is 10.3. The summed E-state index contributed by atoms with van der Waals surface area (Å²) in [5.41, 5.74) is 4.17. The number of carbonyl (C=O) groups is 1. The molecule has 0 atom stereocenters. The van der Waals surface area contributed by atoms with E-state index in [1.165, 1.54) is 6.07 Å². The Morgan fingerprint density at radius 1 is 1.00 bits per heavy atom. The Labute approximate surface area is 186 Å². The highest BCUT2D eigenvalue weighted by atomic mass is 19.1. The molecule has 1 aliphatic carbocycles. The highest BCUT2D eigenvalue weighted by Crippen LogP contribution is 2.45. The van der Waals surface area contributed by atoms with Gasteiger partial charge in [-0.2, -0.15) is 5.10 Å². The van der Waals surface area contributed by atoms with Gasteiger partial charge in [-0.05, 0) is 42.7 Å². The first-order valence-corrected chi connectivity index (χ1v) is 11.0. The van der Waals surface area contributed by atoms with E-state index in [9.17, 15) is 9.18 Å². The maximum atomic E-state index is 14.8. The molecule has 2 heterocycles. The largest absolute Gasteiger partial charge is 0.493 e. The van der Waals surface area contributed by atoms with E-state index in [0.29, 0.717) is 29.3 Å². The van der Waals surface area contributed by atoms with Crippen molar-refractivity contribution >= 4 is 5.91 Å². The molecular formula is C25H26FN3O3. The van der Waals surface area contributed by atoms with Crippen LogP contribution in [0.1, 0.15) is 47.3 Å². The summed E-state index contributed by atoms with van der Waals surface area (Å²) in [6.45, 7) is 1.46. The molecule has 0 spiro atoms. The standard InChI is InChI=1S/C25H26FN3O3/c1-31-21-14-16-13-18-23(25(30)28-11-7-3-4-8-12-28)27-29(20-10-6-5-9-19(20)26)24(18)17(16)15-22(21)32-2/h5-6,9-10,14-15H,3-4,7-8,11-13H2,1-2H3. The molecule has 5 rings (SSSR count). The quantitative estimate of drug-likeness (QED) is 0.470. The molecule has 0 radical (unpaired) electrons. The van der Waals surface area contributed by atoms with Gasteiger partial charge in [0.2, 0.25) is 0 Å². The van der Waals surface area contributed by atoms with Crippen LogP contribution >= 0.6 is 0 Å². The van der Waals surface area contributed by atoms with Gasteiger partial charge in [0, 0.05) is 30.6 Å². The number of fused-ring (bicyclic) bond motifs is 3. The number of carbonyl (C=O) groups excluding carboxylic acids is 1. The van der Waals surface area contributed by atoms with Gasteiger partial charge in [0.25, 0.3) is 5.91 Å². The summed E-state index contributed by atoms with van der Waals surface area (Å²) in [5, 5.41) is 4.68. The Morgan fingerprint density at radius 3 is 2.38 bits per heavy atom. The van der Waals surface area contributed by atoms with Crippen LogP contribution in [0.15, 0.2) is 36.4 Å². The van der Waals surface area contributed by atoms with Crippen molar-refractivity contribution in [1.29, 1.82) is 0 Å². The van der Waals surface area contributed by atoms with Crippen LogP contribution in [0, 0.1) is 5.82 Å². The maximum Gasteiger partial charge on any atom is 0.274 e. The Kier molecular flexibility index (Phi) is 5.33. The van der Waals surface area contributed by atoms with Gasteiger partial charge in [0.1, 0.15) is 11.5 Å². The predicted molar refractivity (Wildman–Crippen MR) is 119 cm³/mol. The fourth-order valence-corrected chi connectivity index (χ4v) is 4.77. The summed E-state index contributed by atoms with van der Waals surface area (Å²) in [7, 11) is 3.18. The molecule has 0 unspecified atom stereocenters. The number of benzene rings is 2. The number of rotatable bonds is 4. The van der Waals surface area contributed by atoms with E-state index in [0.717, 1.165) is 61.2 Å². The Balaban J connectivity index is 1.69. The monoisotopic (exact) mass is 435 g/mol. The van der Waals surface area contributed by atoms with E-state index in [-0.39, 0.29) is 11.7 Å². The van der Waals surface area contributed by atoms with Crippen LogP contribution in [0.4, 0.5) is 4.39 Å². The zero-order valence-electron chi connectivity index (χ0n) is 18.4. The zero-order chi connectivity index (χ0) is 22.2. The molecule has 7 heteroatoms. The van der Waals surface area contributed by atoms with E-state index in [4.69, 9.17) is 9.47 Å². The van der Waals surface area contributed by atoms with Gasteiger partial charge >= 0.3 is 0 Å². The lowest BCUT2D eigenvalue weighted by Gasteiger charge is -2.19. The van der Waals surface area contributed by atoms with Crippen LogP contribution in [0.5, 0.6) is 11.5 Å². The maximum absolute atomic E-state index is 14.8. The van der Waals surface area contributed by atoms with E-state index in [2.05, 4.69) is 5.10 Å². The average molecular weight is 435 g/mol. The molecule has 3 aromatic rings.